The van der Waals surface area contributed by atoms with E-state index in [1.165, 1.54) is 6.92 Å². The zero-order valence-corrected chi connectivity index (χ0v) is 9.25. The molecular formula is C9H9F7O2. The summed E-state index contributed by atoms with van der Waals surface area (Å²) in [6, 6.07) is 0. The summed E-state index contributed by atoms with van der Waals surface area (Å²) in [5.74, 6) is -15.0. The highest BCUT2D eigenvalue weighted by molar-refractivity contribution is 6.00. The predicted molar refractivity (Wildman–Crippen MR) is 46.3 cm³/mol. The van der Waals surface area contributed by atoms with Crippen molar-refractivity contribution in [1.29, 1.82) is 0 Å². The maximum atomic E-state index is 12.9. The van der Waals surface area contributed by atoms with Crippen LogP contribution in [0.15, 0.2) is 11.8 Å². The molecule has 0 bridgehead atoms. The van der Waals surface area contributed by atoms with Gasteiger partial charge in [-0.1, -0.05) is 0 Å². The lowest BCUT2D eigenvalue weighted by Gasteiger charge is -2.27. The first kappa shape index (κ1) is 16.7. The Morgan fingerprint density at radius 2 is 1.56 bits per heavy atom. The van der Waals surface area contributed by atoms with Crippen molar-refractivity contribution >= 4 is 5.78 Å². The number of allylic oxidation sites excluding steroid dienone is 1. The molecule has 0 aromatic heterocycles. The first-order valence-corrected chi connectivity index (χ1v) is 4.55. The number of ketones is 1. The highest BCUT2D eigenvalue weighted by atomic mass is 19.4. The van der Waals surface area contributed by atoms with E-state index < -0.39 is 29.4 Å². The van der Waals surface area contributed by atoms with Crippen LogP contribution < -0.4 is 0 Å². The van der Waals surface area contributed by atoms with Crippen molar-refractivity contribution in [2.24, 2.45) is 0 Å². The van der Waals surface area contributed by atoms with Crippen LogP contribution in [0.5, 0.6) is 0 Å². The highest BCUT2D eigenvalue weighted by Gasteiger charge is 2.76. The van der Waals surface area contributed by atoms with Crippen molar-refractivity contribution in [3.8, 4) is 0 Å². The second kappa shape index (κ2) is 5.15. The number of hydrogen-bond acceptors (Lipinski definition) is 2. The number of hydrogen-bond donors (Lipinski definition) is 0. The van der Waals surface area contributed by atoms with E-state index in [-0.39, 0.29) is 6.61 Å². The van der Waals surface area contributed by atoms with Gasteiger partial charge in [0.2, 0.25) is 5.78 Å². The van der Waals surface area contributed by atoms with E-state index in [2.05, 4.69) is 4.74 Å². The van der Waals surface area contributed by atoms with Gasteiger partial charge in [-0.25, -0.2) is 0 Å². The number of ether oxygens (including phenoxy) is 1. The minimum Gasteiger partial charge on any atom is -0.501 e. The standard InChI is InChI=1S/C9H9F7O2/c1-3-18-4-5(2)6(17)7(10,11)8(12,13)9(14,15)16/h4H,3H2,1-2H3. The fourth-order valence-electron chi connectivity index (χ4n) is 0.830. The van der Waals surface area contributed by atoms with Crippen LogP contribution in [0.4, 0.5) is 30.7 Å². The quantitative estimate of drug-likeness (QED) is 0.439. The van der Waals surface area contributed by atoms with E-state index in [9.17, 15) is 35.5 Å². The molecule has 0 heterocycles. The monoisotopic (exact) mass is 282 g/mol. The average Bonchev–Trinajstić information content (AvgIpc) is 2.22. The minimum absolute atomic E-state index is 0.0636. The number of alkyl halides is 7. The largest absolute Gasteiger partial charge is 0.501 e. The Labute approximate surface area is 97.4 Å². The molecule has 0 saturated carbocycles. The summed E-state index contributed by atoms with van der Waals surface area (Å²) in [4.78, 5) is 10.9. The summed E-state index contributed by atoms with van der Waals surface area (Å²) in [5.41, 5.74) is -1.04. The smallest absolute Gasteiger partial charge is 0.460 e. The molecule has 0 unspecified atom stereocenters. The van der Waals surface area contributed by atoms with Crippen LogP contribution in [-0.4, -0.2) is 30.4 Å². The molecule has 0 saturated heterocycles. The molecule has 0 aromatic rings. The molecule has 0 N–H and O–H groups in total. The highest BCUT2D eigenvalue weighted by Crippen LogP contribution is 2.47. The summed E-state index contributed by atoms with van der Waals surface area (Å²) in [6.07, 6.45) is -6.12. The normalized spacial score (nSPS) is 14.6. The van der Waals surface area contributed by atoms with Crippen LogP contribution in [0.3, 0.4) is 0 Å². The van der Waals surface area contributed by atoms with Gasteiger partial charge in [0.05, 0.1) is 12.9 Å². The summed E-state index contributed by atoms with van der Waals surface area (Å²) in [5, 5.41) is 0. The van der Waals surface area contributed by atoms with E-state index in [1.54, 1.807) is 0 Å². The molecule has 0 fully saturated rings. The van der Waals surface area contributed by atoms with E-state index in [1.807, 2.05) is 0 Å². The van der Waals surface area contributed by atoms with Gasteiger partial charge in [-0.2, -0.15) is 30.7 Å². The third kappa shape index (κ3) is 2.94. The maximum Gasteiger partial charge on any atom is 0.460 e. The fourth-order valence-corrected chi connectivity index (χ4v) is 0.830. The second-order valence-electron chi connectivity index (χ2n) is 3.23. The Hall–Kier alpha value is -1.28. The third-order valence-electron chi connectivity index (χ3n) is 1.82. The number of carbonyl (C=O) groups is 1. The van der Waals surface area contributed by atoms with Crippen LogP contribution in [0.1, 0.15) is 13.8 Å². The Kier molecular flexibility index (Phi) is 4.78. The topological polar surface area (TPSA) is 26.3 Å². The van der Waals surface area contributed by atoms with Crippen molar-refractivity contribution in [1.82, 2.24) is 0 Å². The molecule has 0 aliphatic carbocycles. The summed E-state index contributed by atoms with van der Waals surface area (Å²) >= 11 is 0. The Morgan fingerprint density at radius 3 is 1.89 bits per heavy atom. The van der Waals surface area contributed by atoms with E-state index in [0.717, 1.165) is 0 Å². The molecule has 2 nitrogen and oxygen atoms in total. The summed E-state index contributed by atoms with van der Waals surface area (Å²) in [7, 11) is 0. The van der Waals surface area contributed by atoms with Gasteiger partial charge in [-0.3, -0.25) is 4.79 Å². The summed E-state index contributed by atoms with van der Waals surface area (Å²) < 4.78 is 90.3. The lowest BCUT2D eigenvalue weighted by atomic mass is 10.0. The first-order valence-electron chi connectivity index (χ1n) is 4.55. The molecule has 9 heteroatoms. The summed E-state index contributed by atoms with van der Waals surface area (Å²) in [6.45, 7) is 1.99. The van der Waals surface area contributed by atoms with E-state index >= 15 is 0 Å². The molecule has 0 spiro atoms. The molecule has 106 valence electrons. The predicted octanol–water partition coefficient (Wildman–Crippen LogP) is 3.33. The van der Waals surface area contributed by atoms with Crippen molar-refractivity contribution in [3.63, 3.8) is 0 Å². The van der Waals surface area contributed by atoms with Gasteiger partial charge in [0.1, 0.15) is 0 Å². The molecule has 0 rings (SSSR count). The SMILES string of the molecule is CCOC=C(C)C(=O)C(F)(F)C(F)(F)C(F)(F)F. The number of halogens is 7. The zero-order valence-electron chi connectivity index (χ0n) is 9.25. The van der Waals surface area contributed by atoms with E-state index in [4.69, 9.17) is 0 Å². The van der Waals surface area contributed by atoms with Gasteiger partial charge in [-0.15, -0.1) is 0 Å². The fraction of sp³-hybridized carbons (Fsp3) is 0.667. The molecule has 0 aliphatic rings. The van der Waals surface area contributed by atoms with Gasteiger partial charge in [-0.05, 0) is 13.8 Å². The van der Waals surface area contributed by atoms with Crippen molar-refractivity contribution in [3.05, 3.63) is 11.8 Å². The lowest BCUT2D eigenvalue weighted by Crippen LogP contribution is -2.56. The van der Waals surface area contributed by atoms with Crippen LogP contribution >= 0.6 is 0 Å². The number of rotatable bonds is 5. The molecule has 0 amide bonds. The van der Waals surface area contributed by atoms with Crippen LogP contribution in [0.2, 0.25) is 0 Å². The Morgan fingerprint density at radius 1 is 1.11 bits per heavy atom. The molecule has 0 aromatic carbocycles. The van der Waals surface area contributed by atoms with Gasteiger partial charge in [0.25, 0.3) is 0 Å². The number of Topliss-reactive ketones (excluding diaryl/α,β-unsaturated/α-hetero) is 1. The molecule has 0 atom stereocenters. The first-order chi connectivity index (χ1) is 7.89. The lowest BCUT2D eigenvalue weighted by molar-refractivity contribution is -0.342. The Balaban J connectivity index is 5.34. The van der Waals surface area contributed by atoms with E-state index in [0.29, 0.717) is 13.2 Å². The number of carbonyl (C=O) groups excluding carboxylic acids is 1. The molecular weight excluding hydrogens is 273 g/mol. The van der Waals surface area contributed by atoms with Crippen molar-refractivity contribution in [2.75, 3.05) is 6.61 Å². The zero-order chi connectivity index (χ0) is 14.8. The molecule has 0 aliphatic heterocycles. The second-order valence-corrected chi connectivity index (χ2v) is 3.23. The van der Waals surface area contributed by atoms with Gasteiger partial charge in [0, 0.05) is 5.57 Å². The third-order valence-corrected chi connectivity index (χ3v) is 1.82. The minimum atomic E-state index is -6.53. The maximum absolute atomic E-state index is 12.9. The van der Waals surface area contributed by atoms with Crippen molar-refractivity contribution < 1.29 is 40.3 Å². The van der Waals surface area contributed by atoms with Crippen LogP contribution in [0, 0.1) is 0 Å². The van der Waals surface area contributed by atoms with Gasteiger partial charge < -0.3 is 4.74 Å². The van der Waals surface area contributed by atoms with Crippen molar-refractivity contribution in [2.45, 2.75) is 31.9 Å². The van der Waals surface area contributed by atoms with Gasteiger partial charge >= 0.3 is 18.0 Å². The van der Waals surface area contributed by atoms with Crippen LogP contribution in [0.25, 0.3) is 0 Å². The van der Waals surface area contributed by atoms with Crippen LogP contribution in [-0.2, 0) is 9.53 Å². The molecule has 18 heavy (non-hydrogen) atoms. The van der Waals surface area contributed by atoms with Gasteiger partial charge in [0.15, 0.2) is 0 Å². The average molecular weight is 282 g/mol. The Bertz CT molecular complexity index is 343. The molecule has 0 radical (unpaired) electrons.